The Bertz CT molecular complexity index is 646. The Morgan fingerprint density at radius 2 is 1.95 bits per heavy atom. The number of halogens is 2. The standard InChI is InChI=1S/C13H11BrClN3O/c14-7-4-5-10(9(15)6-7)18-11-3-1-2-8(12(11)16)13(17)19/h1-6,18H,16H2,(H2,17,19). The molecule has 0 unspecified atom stereocenters. The molecule has 2 aromatic rings. The van der Waals surface area contributed by atoms with Crippen molar-refractivity contribution in [1.29, 1.82) is 0 Å². The molecule has 98 valence electrons. The summed E-state index contributed by atoms with van der Waals surface area (Å²) in [7, 11) is 0. The van der Waals surface area contributed by atoms with E-state index in [-0.39, 0.29) is 5.56 Å². The first-order valence-electron chi connectivity index (χ1n) is 5.39. The topological polar surface area (TPSA) is 81.1 Å². The lowest BCUT2D eigenvalue weighted by molar-refractivity contribution is 0.100. The van der Waals surface area contributed by atoms with Crippen LogP contribution in [0.15, 0.2) is 40.9 Å². The number of amides is 1. The van der Waals surface area contributed by atoms with E-state index in [9.17, 15) is 4.79 Å². The van der Waals surface area contributed by atoms with Crippen molar-refractivity contribution in [2.24, 2.45) is 5.73 Å². The fraction of sp³-hybridized carbons (Fsp3) is 0. The van der Waals surface area contributed by atoms with E-state index in [4.69, 9.17) is 23.1 Å². The van der Waals surface area contributed by atoms with Crippen LogP contribution in [-0.4, -0.2) is 5.91 Å². The van der Waals surface area contributed by atoms with Crippen molar-refractivity contribution in [3.63, 3.8) is 0 Å². The van der Waals surface area contributed by atoms with Gasteiger partial charge in [-0.15, -0.1) is 0 Å². The first-order chi connectivity index (χ1) is 8.99. The highest BCUT2D eigenvalue weighted by Crippen LogP contribution is 2.31. The van der Waals surface area contributed by atoms with Crippen molar-refractivity contribution in [2.45, 2.75) is 0 Å². The van der Waals surface area contributed by atoms with Crippen LogP contribution in [0.2, 0.25) is 5.02 Å². The van der Waals surface area contributed by atoms with Gasteiger partial charge in [-0.25, -0.2) is 0 Å². The molecule has 1 amide bonds. The lowest BCUT2D eigenvalue weighted by Crippen LogP contribution is -2.14. The number of para-hydroxylation sites is 1. The summed E-state index contributed by atoms with van der Waals surface area (Å²) in [6, 6.07) is 10.4. The zero-order valence-corrected chi connectivity index (χ0v) is 12.1. The molecule has 0 spiro atoms. The molecular weight excluding hydrogens is 330 g/mol. The van der Waals surface area contributed by atoms with E-state index in [0.29, 0.717) is 22.1 Å². The summed E-state index contributed by atoms with van der Waals surface area (Å²) in [4.78, 5) is 11.2. The van der Waals surface area contributed by atoms with Crippen LogP contribution in [0.4, 0.5) is 17.1 Å². The molecule has 0 aromatic heterocycles. The molecule has 19 heavy (non-hydrogen) atoms. The third kappa shape index (κ3) is 3.00. The molecule has 0 saturated carbocycles. The molecular formula is C13H11BrClN3O. The molecule has 0 saturated heterocycles. The van der Waals surface area contributed by atoms with Crippen molar-refractivity contribution in [3.05, 3.63) is 51.5 Å². The highest BCUT2D eigenvalue weighted by atomic mass is 79.9. The summed E-state index contributed by atoms with van der Waals surface area (Å²) in [5.74, 6) is -0.567. The van der Waals surface area contributed by atoms with Gasteiger partial charge in [-0.3, -0.25) is 4.79 Å². The maximum Gasteiger partial charge on any atom is 0.250 e. The Kier molecular flexibility index (Phi) is 3.97. The maximum absolute atomic E-state index is 11.2. The quantitative estimate of drug-likeness (QED) is 0.748. The van der Waals surface area contributed by atoms with E-state index in [2.05, 4.69) is 21.2 Å². The lowest BCUT2D eigenvalue weighted by atomic mass is 10.1. The monoisotopic (exact) mass is 339 g/mol. The molecule has 0 fully saturated rings. The van der Waals surface area contributed by atoms with Crippen LogP contribution < -0.4 is 16.8 Å². The Morgan fingerprint density at radius 3 is 2.58 bits per heavy atom. The lowest BCUT2D eigenvalue weighted by Gasteiger charge is -2.12. The fourth-order valence-corrected chi connectivity index (χ4v) is 2.35. The second-order valence-electron chi connectivity index (χ2n) is 3.88. The van der Waals surface area contributed by atoms with Gasteiger partial charge in [0, 0.05) is 4.47 Å². The van der Waals surface area contributed by atoms with Gasteiger partial charge < -0.3 is 16.8 Å². The third-order valence-corrected chi connectivity index (χ3v) is 3.38. The minimum Gasteiger partial charge on any atom is -0.396 e. The van der Waals surface area contributed by atoms with Crippen LogP contribution in [0.5, 0.6) is 0 Å². The first-order valence-corrected chi connectivity index (χ1v) is 6.56. The molecule has 0 aliphatic carbocycles. The van der Waals surface area contributed by atoms with Gasteiger partial charge in [0.2, 0.25) is 0 Å². The van der Waals surface area contributed by atoms with Gasteiger partial charge in [-0.1, -0.05) is 33.6 Å². The number of primary amides is 1. The predicted octanol–water partition coefficient (Wildman–Crippen LogP) is 3.53. The molecule has 0 bridgehead atoms. The van der Waals surface area contributed by atoms with Crippen molar-refractivity contribution in [1.82, 2.24) is 0 Å². The van der Waals surface area contributed by atoms with Crippen LogP contribution in [0.3, 0.4) is 0 Å². The zero-order valence-electron chi connectivity index (χ0n) is 9.78. The average Bonchev–Trinajstić information content (AvgIpc) is 2.34. The van der Waals surface area contributed by atoms with Crippen LogP contribution in [-0.2, 0) is 0 Å². The molecule has 2 rings (SSSR count). The number of benzene rings is 2. The van der Waals surface area contributed by atoms with Gasteiger partial charge in [-0.2, -0.15) is 0 Å². The van der Waals surface area contributed by atoms with Gasteiger partial charge in [-0.05, 0) is 30.3 Å². The van der Waals surface area contributed by atoms with Gasteiger partial charge in [0.05, 0.1) is 27.6 Å². The zero-order chi connectivity index (χ0) is 14.0. The van der Waals surface area contributed by atoms with Crippen LogP contribution >= 0.6 is 27.5 Å². The number of carbonyl (C=O) groups is 1. The smallest absolute Gasteiger partial charge is 0.250 e. The van der Waals surface area contributed by atoms with E-state index in [1.165, 1.54) is 0 Å². The van der Waals surface area contributed by atoms with Crippen molar-refractivity contribution in [2.75, 3.05) is 11.1 Å². The summed E-state index contributed by atoms with van der Waals surface area (Å²) < 4.78 is 0.877. The van der Waals surface area contributed by atoms with Gasteiger partial charge in [0.15, 0.2) is 0 Å². The molecule has 4 nitrogen and oxygen atoms in total. The number of rotatable bonds is 3. The third-order valence-electron chi connectivity index (χ3n) is 2.57. The van der Waals surface area contributed by atoms with Gasteiger partial charge >= 0.3 is 0 Å². The minimum absolute atomic E-state index is 0.276. The Morgan fingerprint density at radius 1 is 1.21 bits per heavy atom. The number of hydrogen-bond donors (Lipinski definition) is 3. The highest BCUT2D eigenvalue weighted by Gasteiger charge is 2.10. The van der Waals surface area contributed by atoms with Crippen molar-refractivity contribution >= 4 is 50.5 Å². The largest absolute Gasteiger partial charge is 0.396 e. The number of nitrogen functional groups attached to an aromatic ring is 1. The van der Waals surface area contributed by atoms with E-state index in [1.807, 2.05) is 12.1 Å². The van der Waals surface area contributed by atoms with E-state index in [0.717, 1.165) is 4.47 Å². The Labute approximate surface area is 123 Å². The second kappa shape index (κ2) is 5.50. The SMILES string of the molecule is NC(=O)c1cccc(Nc2ccc(Br)cc2Cl)c1N. The summed E-state index contributed by atoms with van der Waals surface area (Å²) in [5.41, 5.74) is 13.0. The van der Waals surface area contributed by atoms with Crippen LogP contribution in [0, 0.1) is 0 Å². The Balaban J connectivity index is 2.38. The number of anilines is 3. The molecule has 0 aliphatic heterocycles. The van der Waals surface area contributed by atoms with Crippen molar-refractivity contribution in [3.8, 4) is 0 Å². The second-order valence-corrected chi connectivity index (χ2v) is 5.20. The normalized spacial score (nSPS) is 10.2. The van der Waals surface area contributed by atoms with Crippen molar-refractivity contribution < 1.29 is 4.79 Å². The predicted molar refractivity (Wildman–Crippen MR) is 81.8 cm³/mol. The molecule has 5 N–H and O–H groups in total. The number of nitrogens with two attached hydrogens (primary N) is 2. The number of nitrogens with one attached hydrogen (secondary N) is 1. The molecule has 0 heterocycles. The van der Waals surface area contributed by atoms with Crippen LogP contribution in [0.25, 0.3) is 0 Å². The van der Waals surface area contributed by atoms with Crippen LogP contribution in [0.1, 0.15) is 10.4 Å². The van der Waals surface area contributed by atoms with E-state index >= 15 is 0 Å². The summed E-state index contributed by atoms with van der Waals surface area (Å²) >= 11 is 9.44. The minimum atomic E-state index is -0.567. The van der Waals surface area contributed by atoms with E-state index < -0.39 is 5.91 Å². The molecule has 2 aromatic carbocycles. The maximum atomic E-state index is 11.2. The van der Waals surface area contributed by atoms with Gasteiger partial charge in [0.1, 0.15) is 0 Å². The molecule has 0 radical (unpaired) electrons. The number of hydrogen-bond acceptors (Lipinski definition) is 3. The summed E-state index contributed by atoms with van der Waals surface area (Å²) in [6.45, 7) is 0. The Hall–Kier alpha value is -1.72. The van der Waals surface area contributed by atoms with E-state index in [1.54, 1.807) is 24.3 Å². The average molecular weight is 341 g/mol. The summed E-state index contributed by atoms with van der Waals surface area (Å²) in [6.07, 6.45) is 0. The van der Waals surface area contributed by atoms with Gasteiger partial charge in [0.25, 0.3) is 5.91 Å². The molecule has 0 aliphatic rings. The first kappa shape index (κ1) is 13.7. The molecule has 0 atom stereocenters. The highest BCUT2D eigenvalue weighted by molar-refractivity contribution is 9.10. The fourth-order valence-electron chi connectivity index (χ4n) is 1.63. The number of carbonyl (C=O) groups excluding carboxylic acids is 1. The molecule has 6 heteroatoms. The summed E-state index contributed by atoms with van der Waals surface area (Å²) in [5, 5.41) is 3.62.